The summed E-state index contributed by atoms with van der Waals surface area (Å²) in [5, 5.41) is 30.6. The van der Waals surface area contributed by atoms with Crippen molar-refractivity contribution in [2.75, 3.05) is 9.80 Å². The number of phenolic OH excluding ortho intramolecular Hbond substituents is 1. The average molecular weight is 816 g/mol. The van der Waals surface area contributed by atoms with Gasteiger partial charge in [-0.2, -0.15) is 0 Å². The number of phenols is 2. The first kappa shape index (κ1) is 34.9. The zero-order valence-electron chi connectivity index (χ0n) is 25.1. The Bertz CT molecular complexity index is 2190. The average Bonchev–Trinajstić information content (AvgIpc) is 3.42. The number of nitrogens with zero attached hydrogens (tertiary/aromatic N) is 2. The molecule has 2 aliphatic carbocycles. The van der Waals surface area contributed by atoms with Crippen LogP contribution in [-0.4, -0.2) is 54.7 Å². The molecule has 51 heavy (non-hydrogen) atoms. The molecule has 4 amide bonds. The number of anilines is 2. The van der Waals surface area contributed by atoms with E-state index in [4.69, 9.17) is 23.2 Å². The van der Waals surface area contributed by atoms with Gasteiger partial charge in [-0.05, 0) is 49.1 Å². The van der Waals surface area contributed by atoms with E-state index < -0.39 is 121 Å². The molecule has 264 valence electrons. The van der Waals surface area contributed by atoms with Crippen LogP contribution in [0.1, 0.15) is 34.7 Å². The second-order valence-corrected chi connectivity index (χ2v) is 14.6. The molecule has 0 spiro atoms. The van der Waals surface area contributed by atoms with E-state index in [1.807, 2.05) is 0 Å². The Morgan fingerprint density at radius 1 is 0.804 bits per heavy atom. The number of halogens is 8. The highest BCUT2D eigenvalue weighted by atomic mass is 79.9. The highest BCUT2D eigenvalue weighted by Gasteiger charge is 2.77. The van der Waals surface area contributed by atoms with Crippen molar-refractivity contribution in [1.29, 1.82) is 0 Å². The van der Waals surface area contributed by atoms with E-state index in [1.165, 1.54) is 24.3 Å². The summed E-state index contributed by atoms with van der Waals surface area (Å²) in [6.07, 6.45) is 0.479. The van der Waals surface area contributed by atoms with Crippen molar-refractivity contribution in [3.8, 4) is 11.5 Å². The number of hydrogen-bond acceptors (Lipinski definition) is 7. The second kappa shape index (κ2) is 11.5. The molecule has 4 aliphatic rings. The molecular formula is C33H18BrCl2F5N2O8. The van der Waals surface area contributed by atoms with E-state index in [2.05, 4.69) is 15.9 Å². The Balaban J connectivity index is 1.42. The number of benzene rings is 3. The minimum absolute atomic E-state index is 0.100. The lowest BCUT2D eigenvalue weighted by molar-refractivity contribution is -0.125. The summed E-state index contributed by atoms with van der Waals surface area (Å²) in [6.45, 7) is 0. The maximum atomic E-state index is 15.2. The van der Waals surface area contributed by atoms with Crippen molar-refractivity contribution >= 4 is 80.1 Å². The number of carboxylic acid groups (broad SMARTS) is 1. The number of fused-ring (bicyclic) bond motifs is 4. The highest BCUT2D eigenvalue weighted by molar-refractivity contribution is 9.10. The summed E-state index contributed by atoms with van der Waals surface area (Å²) in [5.74, 6) is -25.9. The van der Waals surface area contributed by atoms with E-state index in [0.29, 0.717) is 9.37 Å². The molecule has 6 atom stereocenters. The Morgan fingerprint density at radius 3 is 2.04 bits per heavy atom. The molecule has 18 heteroatoms. The Morgan fingerprint density at radius 2 is 1.43 bits per heavy atom. The smallest absolute Gasteiger partial charge is 0.339 e. The van der Waals surface area contributed by atoms with Gasteiger partial charge in [-0.1, -0.05) is 27.6 Å². The van der Waals surface area contributed by atoms with Gasteiger partial charge in [0.25, 0.3) is 11.8 Å². The van der Waals surface area contributed by atoms with E-state index >= 15 is 8.78 Å². The van der Waals surface area contributed by atoms with Crippen molar-refractivity contribution in [2.45, 2.75) is 28.5 Å². The van der Waals surface area contributed by atoms with Crippen LogP contribution >= 0.6 is 39.1 Å². The van der Waals surface area contributed by atoms with Crippen LogP contribution in [-0.2, 0) is 19.2 Å². The number of aromatic hydroxyl groups is 2. The number of alkyl halides is 2. The standard InChI is InChI=1S/C33H18BrCl2F5N2O8/c34-10-1-6-17(44)15(7-10)20-12-4-5-14-19(28(47)42(27(14)46)11-2-3-13(29(48)49)18(45)8-11)16(12)9-32(35)30(50)43(31(51)33(20,32)36)26-24(40)22(38)21(37)23(39)25(26)41/h1-4,6-8,14,16,19-20,44-45H,5,9H2,(H,48,49). The van der Waals surface area contributed by atoms with Crippen LogP contribution in [0.4, 0.5) is 33.3 Å². The Hall–Kier alpha value is -4.54. The maximum Gasteiger partial charge on any atom is 0.339 e. The van der Waals surface area contributed by atoms with E-state index in [-0.39, 0.29) is 28.1 Å². The molecular weight excluding hydrogens is 798 g/mol. The summed E-state index contributed by atoms with van der Waals surface area (Å²) in [4.78, 5) is 62.7. The molecule has 0 radical (unpaired) electrons. The lowest BCUT2D eigenvalue weighted by Gasteiger charge is -2.50. The Labute approximate surface area is 300 Å². The minimum atomic E-state index is -2.83. The molecule has 2 heterocycles. The molecule has 3 fully saturated rings. The number of hydrogen-bond donors (Lipinski definition) is 3. The molecule has 2 saturated heterocycles. The molecule has 0 bridgehead atoms. The SMILES string of the molecule is O=C(O)c1ccc(N2C(=O)C3CC=C4C(CC5(Cl)C(=O)N(c6c(F)c(F)c(F)c(F)c6F)C(=O)C5(Cl)C4c4cc(Br)ccc4O)C3C2=O)cc1O. The molecule has 2 aliphatic heterocycles. The van der Waals surface area contributed by atoms with Gasteiger partial charge in [0.15, 0.2) is 33.0 Å². The Kier molecular flexibility index (Phi) is 7.86. The fourth-order valence-corrected chi connectivity index (χ4v) is 9.07. The van der Waals surface area contributed by atoms with Gasteiger partial charge in [-0.15, -0.1) is 23.2 Å². The number of aromatic carboxylic acids is 1. The third-order valence-electron chi connectivity index (χ3n) is 9.99. The van der Waals surface area contributed by atoms with Crippen molar-refractivity contribution in [2.24, 2.45) is 17.8 Å². The summed E-state index contributed by atoms with van der Waals surface area (Å²) in [7, 11) is 0. The third-order valence-corrected chi connectivity index (χ3v) is 11.9. The lowest BCUT2D eigenvalue weighted by Crippen LogP contribution is -2.60. The minimum Gasteiger partial charge on any atom is -0.508 e. The van der Waals surface area contributed by atoms with Gasteiger partial charge in [0.05, 0.1) is 17.5 Å². The van der Waals surface area contributed by atoms with Crippen molar-refractivity contribution < 1.29 is 61.2 Å². The van der Waals surface area contributed by atoms with E-state index in [1.54, 1.807) is 0 Å². The van der Waals surface area contributed by atoms with E-state index in [9.17, 15) is 52.5 Å². The van der Waals surface area contributed by atoms with Crippen LogP contribution in [0.15, 0.2) is 52.5 Å². The predicted molar refractivity (Wildman–Crippen MR) is 170 cm³/mol. The zero-order valence-corrected chi connectivity index (χ0v) is 28.2. The molecule has 0 aromatic heterocycles. The number of amides is 4. The van der Waals surface area contributed by atoms with Crippen molar-refractivity contribution in [1.82, 2.24) is 0 Å². The number of carbonyl (C=O) groups excluding carboxylic acids is 4. The summed E-state index contributed by atoms with van der Waals surface area (Å²) >= 11 is 17.3. The quantitative estimate of drug-likeness (QED) is 0.0723. The molecule has 1 saturated carbocycles. The molecule has 3 aromatic rings. The number of rotatable bonds is 4. The predicted octanol–water partition coefficient (Wildman–Crippen LogP) is 6.02. The fraction of sp³-hybridized carbons (Fsp3) is 0.242. The second-order valence-electron chi connectivity index (χ2n) is 12.4. The lowest BCUT2D eigenvalue weighted by atomic mass is 9.56. The normalized spacial score (nSPS) is 28.5. The molecule has 3 N–H and O–H groups in total. The summed E-state index contributed by atoms with van der Waals surface area (Å²) < 4.78 is 73.5. The highest BCUT2D eigenvalue weighted by Crippen LogP contribution is 2.67. The monoisotopic (exact) mass is 814 g/mol. The first-order valence-electron chi connectivity index (χ1n) is 14.8. The van der Waals surface area contributed by atoms with Gasteiger partial charge in [-0.25, -0.2) is 36.5 Å². The fourth-order valence-electron chi connectivity index (χ4n) is 7.76. The molecule has 3 aromatic carbocycles. The largest absolute Gasteiger partial charge is 0.508 e. The van der Waals surface area contributed by atoms with Crippen LogP contribution in [0.5, 0.6) is 11.5 Å². The number of allylic oxidation sites excluding steroid dienone is 2. The number of carboxylic acids is 1. The van der Waals surface area contributed by atoms with Crippen molar-refractivity contribution in [3.63, 3.8) is 0 Å². The van der Waals surface area contributed by atoms with Gasteiger partial charge < -0.3 is 15.3 Å². The first-order valence-corrected chi connectivity index (χ1v) is 16.3. The molecule has 7 rings (SSSR count). The third kappa shape index (κ3) is 4.48. The van der Waals surface area contributed by atoms with Crippen LogP contribution in [0.25, 0.3) is 0 Å². The van der Waals surface area contributed by atoms with Gasteiger partial charge in [-0.3, -0.25) is 19.2 Å². The van der Waals surface area contributed by atoms with Crippen LogP contribution in [0.2, 0.25) is 0 Å². The van der Waals surface area contributed by atoms with Gasteiger partial charge >= 0.3 is 5.97 Å². The molecule has 6 unspecified atom stereocenters. The van der Waals surface area contributed by atoms with Gasteiger partial charge in [0, 0.05) is 22.0 Å². The zero-order chi connectivity index (χ0) is 37.2. The van der Waals surface area contributed by atoms with Crippen LogP contribution in [0, 0.1) is 46.8 Å². The summed E-state index contributed by atoms with van der Waals surface area (Å²) in [6, 6.07) is 6.83. The number of carbonyl (C=O) groups is 5. The van der Waals surface area contributed by atoms with Crippen molar-refractivity contribution in [3.05, 3.63) is 92.7 Å². The molecule has 10 nitrogen and oxygen atoms in total. The maximum absolute atomic E-state index is 15.2. The number of imide groups is 2. The van der Waals surface area contributed by atoms with Crippen LogP contribution in [0.3, 0.4) is 0 Å². The van der Waals surface area contributed by atoms with Gasteiger partial charge in [0.1, 0.15) is 22.7 Å². The first-order chi connectivity index (χ1) is 23.9. The van der Waals surface area contributed by atoms with Gasteiger partial charge in [0.2, 0.25) is 17.6 Å². The topological polar surface area (TPSA) is 153 Å². The van der Waals surface area contributed by atoms with E-state index in [0.717, 1.165) is 18.2 Å². The van der Waals surface area contributed by atoms with Crippen LogP contribution < -0.4 is 9.80 Å². The summed E-state index contributed by atoms with van der Waals surface area (Å²) in [5.41, 5.74) is -2.73.